The maximum absolute atomic E-state index is 12.5. The summed E-state index contributed by atoms with van der Waals surface area (Å²) in [6.07, 6.45) is 3.16. The Morgan fingerprint density at radius 3 is 2.80 bits per heavy atom. The van der Waals surface area contributed by atoms with Crippen LogP contribution in [0.25, 0.3) is 10.9 Å². The highest BCUT2D eigenvalue weighted by atomic mass is 16.5. The Balaban J connectivity index is 1.68. The van der Waals surface area contributed by atoms with Crippen molar-refractivity contribution in [2.45, 2.75) is 19.9 Å². The molecule has 0 atom stereocenters. The molecule has 7 nitrogen and oxygen atoms in total. The molecule has 1 aromatic carbocycles. The number of para-hydroxylation sites is 1. The van der Waals surface area contributed by atoms with E-state index in [4.69, 9.17) is 4.74 Å². The van der Waals surface area contributed by atoms with Crippen LogP contribution in [0.15, 0.2) is 47.7 Å². The number of nitrogens with zero attached hydrogens (tertiary/aromatic N) is 3. The Kier molecular flexibility index (Phi) is 4.74. The smallest absolute Gasteiger partial charge is 0.261 e. The van der Waals surface area contributed by atoms with Crippen LogP contribution < -0.4 is 15.6 Å². The zero-order valence-electron chi connectivity index (χ0n) is 14.0. The number of pyridine rings is 1. The lowest BCUT2D eigenvalue weighted by molar-refractivity contribution is -0.116. The third-order valence-corrected chi connectivity index (χ3v) is 3.86. The summed E-state index contributed by atoms with van der Waals surface area (Å²) in [4.78, 5) is 32.9. The average molecular weight is 338 g/mol. The number of fused-ring (bicyclic) bond motifs is 1. The Bertz CT molecular complexity index is 964. The van der Waals surface area contributed by atoms with Crippen molar-refractivity contribution in [3.05, 3.63) is 58.8 Å². The number of hydrogen-bond donors (Lipinski definition) is 1. The lowest BCUT2D eigenvalue weighted by atomic mass is 10.1. The van der Waals surface area contributed by atoms with E-state index in [9.17, 15) is 9.59 Å². The molecule has 2 aromatic heterocycles. The summed E-state index contributed by atoms with van der Waals surface area (Å²) in [5, 5.41) is 3.29. The van der Waals surface area contributed by atoms with Gasteiger partial charge < -0.3 is 10.1 Å². The molecule has 0 aliphatic carbocycles. The summed E-state index contributed by atoms with van der Waals surface area (Å²) >= 11 is 0. The molecule has 7 heteroatoms. The first-order chi connectivity index (χ1) is 12.1. The van der Waals surface area contributed by atoms with Gasteiger partial charge in [-0.05, 0) is 24.6 Å². The minimum Gasteiger partial charge on any atom is -0.481 e. The first-order valence-electron chi connectivity index (χ1n) is 7.83. The lowest BCUT2D eigenvalue weighted by Gasteiger charge is -2.08. The van der Waals surface area contributed by atoms with Crippen LogP contribution in [-0.2, 0) is 11.3 Å². The fourth-order valence-electron chi connectivity index (χ4n) is 2.52. The van der Waals surface area contributed by atoms with Crippen molar-refractivity contribution >= 4 is 22.5 Å². The molecule has 3 rings (SSSR count). The molecule has 0 radical (unpaired) electrons. The largest absolute Gasteiger partial charge is 0.481 e. The highest BCUT2D eigenvalue weighted by molar-refractivity contribution is 5.90. The van der Waals surface area contributed by atoms with Crippen LogP contribution in [0.5, 0.6) is 5.88 Å². The Labute approximate surface area is 144 Å². The fraction of sp³-hybridized carbons (Fsp3) is 0.222. The number of nitrogens with one attached hydrogen (secondary N) is 1. The van der Waals surface area contributed by atoms with Gasteiger partial charge in [0.05, 0.1) is 36.2 Å². The number of benzene rings is 1. The van der Waals surface area contributed by atoms with Crippen molar-refractivity contribution in [2.24, 2.45) is 0 Å². The SMILES string of the molecule is COc1ccc(NC(=O)CCn2cnc3c(C)cccc3c2=O)cn1. The van der Waals surface area contributed by atoms with E-state index < -0.39 is 0 Å². The van der Waals surface area contributed by atoms with Crippen LogP contribution in [0.1, 0.15) is 12.0 Å². The van der Waals surface area contributed by atoms with E-state index in [2.05, 4.69) is 15.3 Å². The van der Waals surface area contributed by atoms with E-state index in [1.807, 2.05) is 19.1 Å². The van der Waals surface area contributed by atoms with Crippen molar-refractivity contribution < 1.29 is 9.53 Å². The van der Waals surface area contributed by atoms with Crippen LogP contribution in [0.4, 0.5) is 5.69 Å². The van der Waals surface area contributed by atoms with Gasteiger partial charge in [0.25, 0.3) is 5.56 Å². The van der Waals surface area contributed by atoms with Crippen molar-refractivity contribution in [3.63, 3.8) is 0 Å². The van der Waals surface area contributed by atoms with Crippen LogP contribution in [0, 0.1) is 6.92 Å². The quantitative estimate of drug-likeness (QED) is 0.770. The number of hydrogen-bond acceptors (Lipinski definition) is 5. The highest BCUT2D eigenvalue weighted by Crippen LogP contribution is 2.12. The summed E-state index contributed by atoms with van der Waals surface area (Å²) in [6.45, 7) is 2.17. The fourth-order valence-corrected chi connectivity index (χ4v) is 2.52. The van der Waals surface area contributed by atoms with Gasteiger partial charge in [-0.1, -0.05) is 12.1 Å². The average Bonchev–Trinajstić information content (AvgIpc) is 2.62. The minimum atomic E-state index is -0.205. The molecule has 1 amide bonds. The maximum Gasteiger partial charge on any atom is 0.261 e. The molecule has 25 heavy (non-hydrogen) atoms. The van der Waals surface area contributed by atoms with E-state index in [-0.39, 0.29) is 24.4 Å². The number of aromatic nitrogens is 3. The van der Waals surface area contributed by atoms with Crippen LogP contribution in [-0.4, -0.2) is 27.6 Å². The first kappa shape index (κ1) is 16.6. The molecule has 0 aliphatic rings. The maximum atomic E-state index is 12.5. The molecular weight excluding hydrogens is 320 g/mol. The standard InChI is InChI=1S/C18H18N4O3/c1-12-4-3-5-14-17(12)20-11-22(18(14)24)9-8-15(23)21-13-6-7-16(25-2)19-10-13/h3-7,10-11H,8-9H2,1-2H3,(H,21,23). The number of rotatable bonds is 5. The van der Waals surface area contributed by atoms with Crippen molar-refractivity contribution in [1.29, 1.82) is 0 Å². The zero-order chi connectivity index (χ0) is 17.8. The molecular formula is C18H18N4O3. The topological polar surface area (TPSA) is 86.1 Å². The van der Waals surface area contributed by atoms with Gasteiger partial charge in [-0.25, -0.2) is 9.97 Å². The molecule has 2 heterocycles. The van der Waals surface area contributed by atoms with Gasteiger partial charge >= 0.3 is 0 Å². The normalized spacial score (nSPS) is 10.6. The van der Waals surface area contributed by atoms with E-state index in [1.54, 1.807) is 18.2 Å². The van der Waals surface area contributed by atoms with E-state index in [1.165, 1.54) is 24.2 Å². The molecule has 1 N–H and O–H groups in total. The van der Waals surface area contributed by atoms with E-state index >= 15 is 0 Å². The highest BCUT2D eigenvalue weighted by Gasteiger charge is 2.08. The second-order valence-corrected chi connectivity index (χ2v) is 5.60. The summed E-state index contributed by atoms with van der Waals surface area (Å²) < 4.78 is 6.42. The summed E-state index contributed by atoms with van der Waals surface area (Å²) in [6, 6.07) is 8.85. The molecule has 0 fully saturated rings. The van der Waals surface area contributed by atoms with Crippen LogP contribution in [0.3, 0.4) is 0 Å². The van der Waals surface area contributed by atoms with E-state index in [0.717, 1.165) is 5.56 Å². The number of carbonyl (C=O) groups is 1. The molecule has 0 unspecified atom stereocenters. The summed E-state index contributed by atoms with van der Waals surface area (Å²) in [7, 11) is 1.53. The van der Waals surface area contributed by atoms with Gasteiger partial charge in [0.2, 0.25) is 11.8 Å². The van der Waals surface area contributed by atoms with Gasteiger partial charge in [0.1, 0.15) is 0 Å². The molecule has 0 saturated carbocycles. The number of aryl methyl sites for hydroxylation is 2. The van der Waals surface area contributed by atoms with Crippen LogP contribution in [0.2, 0.25) is 0 Å². The first-order valence-corrected chi connectivity index (χ1v) is 7.83. The molecule has 0 spiro atoms. The second-order valence-electron chi connectivity index (χ2n) is 5.60. The lowest BCUT2D eigenvalue weighted by Crippen LogP contribution is -2.23. The Hall–Kier alpha value is -3.22. The molecule has 0 aliphatic heterocycles. The zero-order valence-corrected chi connectivity index (χ0v) is 14.0. The molecule has 0 saturated heterocycles. The molecule has 0 bridgehead atoms. The monoisotopic (exact) mass is 338 g/mol. The second kappa shape index (κ2) is 7.12. The van der Waals surface area contributed by atoms with Gasteiger partial charge in [-0.2, -0.15) is 0 Å². The van der Waals surface area contributed by atoms with Crippen LogP contribution >= 0.6 is 0 Å². The predicted octanol–water partition coefficient (Wildman–Crippen LogP) is 2.14. The predicted molar refractivity (Wildman–Crippen MR) is 94.8 cm³/mol. The third-order valence-electron chi connectivity index (χ3n) is 3.86. The number of ether oxygens (including phenoxy) is 1. The van der Waals surface area contributed by atoms with Gasteiger partial charge in [0.15, 0.2) is 0 Å². The van der Waals surface area contributed by atoms with Crippen molar-refractivity contribution in [1.82, 2.24) is 14.5 Å². The van der Waals surface area contributed by atoms with Gasteiger partial charge in [0, 0.05) is 19.0 Å². The van der Waals surface area contributed by atoms with Crippen molar-refractivity contribution in [2.75, 3.05) is 12.4 Å². The van der Waals surface area contributed by atoms with E-state index in [0.29, 0.717) is 22.5 Å². The summed E-state index contributed by atoms with van der Waals surface area (Å²) in [5.41, 5.74) is 2.07. The molecule has 128 valence electrons. The third kappa shape index (κ3) is 3.65. The van der Waals surface area contributed by atoms with Crippen molar-refractivity contribution in [3.8, 4) is 5.88 Å². The van der Waals surface area contributed by atoms with Gasteiger partial charge in [-0.3, -0.25) is 14.2 Å². The number of carbonyl (C=O) groups excluding carboxylic acids is 1. The molecule has 3 aromatic rings. The number of methoxy groups -OCH3 is 1. The Morgan fingerprint density at radius 1 is 1.24 bits per heavy atom. The Morgan fingerprint density at radius 2 is 2.08 bits per heavy atom. The minimum absolute atomic E-state index is 0.146. The number of anilines is 1. The van der Waals surface area contributed by atoms with Gasteiger partial charge in [-0.15, -0.1) is 0 Å². The number of amides is 1. The summed E-state index contributed by atoms with van der Waals surface area (Å²) in [5.74, 6) is 0.269.